The van der Waals surface area contributed by atoms with Gasteiger partial charge in [-0.25, -0.2) is 0 Å². The minimum atomic E-state index is -0.432. The number of ether oxygens (including phenoxy) is 1. The number of rotatable bonds is 1. The minimum Gasteiger partial charge on any atom is -0.493 e. The van der Waals surface area contributed by atoms with Crippen LogP contribution in [0.3, 0.4) is 0 Å². The van der Waals surface area contributed by atoms with Crippen LogP contribution in [0.25, 0.3) is 0 Å². The molecule has 64 valence electrons. The Kier molecular flexibility index (Phi) is 1.77. The van der Waals surface area contributed by atoms with E-state index in [1.807, 2.05) is 18.2 Å². The highest BCUT2D eigenvalue weighted by atomic mass is 16.5. The van der Waals surface area contributed by atoms with Gasteiger partial charge in [-0.15, -0.1) is 0 Å². The Morgan fingerprint density at radius 3 is 3.08 bits per heavy atom. The van der Waals surface area contributed by atoms with E-state index in [1.165, 1.54) is 5.56 Å². The molecule has 2 rings (SSSR count). The second kappa shape index (κ2) is 2.79. The van der Waals surface area contributed by atoms with E-state index in [-0.39, 0.29) is 0 Å². The Morgan fingerprint density at radius 1 is 1.50 bits per heavy atom. The zero-order valence-electron chi connectivity index (χ0n) is 7.08. The molecule has 2 nitrogen and oxygen atoms in total. The van der Waals surface area contributed by atoms with Gasteiger partial charge in [-0.2, -0.15) is 0 Å². The van der Waals surface area contributed by atoms with Gasteiger partial charge < -0.3 is 9.84 Å². The number of fused-ring (bicyclic) bond motifs is 1. The minimum absolute atomic E-state index is 0.432. The SMILES string of the molecule is CC(O)c1cccc2c1OCC2. The van der Waals surface area contributed by atoms with Gasteiger partial charge >= 0.3 is 0 Å². The molecule has 0 bridgehead atoms. The van der Waals surface area contributed by atoms with E-state index in [9.17, 15) is 5.11 Å². The summed E-state index contributed by atoms with van der Waals surface area (Å²) in [5, 5.41) is 9.41. The van der Waals surface area contributed by atoms with E-state index in [0.29, 0.717) is 0 Å². The molecular formula is C10H12O2. The fraction of sp³-hybridized carbons (Fsp3) is 0.400. The van der Waals surface area contributed by atoms with Gasteiger partial charge in [-0.05, 0) is 12.5 Å². The van der Waals surface area contributed by atoms with Crippen molar-refractivity contribution in [1.82, 2.24) is 0 Å². The first-order valence-electron chi connectivity index (χ1n) is 4.21. The van der Waals surface area contributed by atoms with E-state index in [4.69, 9.17) is 4.74 Å². The van der Waals surface area contributed by atoms with Gasteiger partial charge in [0.25, 0.3) is 0 Å². The molecule has 1 aromatic carbocycles. The third-order valence-electron chi connectivity index (χ3n) is 2.19. The highest BCUT2D eigenvalue weighted by Gasteiger charge is 2.17. The predicted molar refractivity (Wildman–Crippen MR) is 46.3 cm³/mol. The van der Waals surface area contributed by atoms with E-state index in [2.05, 4.69) is 0 Å². The molecule has 1 heterocycles. The van der Waals surface area contributed by atoms with E-state index < -0.39 is 6.10 Å². The Morgan fingerprint density at radius 2 is 2.33 bits per heavy atom. The maximum Gasteiger partial charge on any atom is 0.128 e. The third kappa shape index (κ3) is 1.08. The predicted octanol–water partition coefficient (Wildman–Crippen LogP) is 1.67. The standard InChI is InChI=1S/C10H12O2/c1-7(11)9-4-2-3-8-5-6-12-10(8)9/h2-4,7,11H,5-6H2,1H3. The van der Waals surface area contributed by atoms with Crippen LogP contribution in [-0.4, -0.2) is 11.7 Å². The Hall–Kier alpha value is -1.02. The van der Waals surface area contributed by atoms with Gasteiger partial charge in [0.1, 0.15) is 5.75 Å². The van der Waals surface area contributed by atoms with Gasteiger partial charge in [0.05, 0.1) is 12.7 Å². The molecule has 1 N–H and O–H groups in total. The zero-order valence-corrected chi connectivity index (χ0v) is 7.08. The van der Waals surface area contributed by atoms with Crippen molar-refractivity contribution in [3.8, 4) is 5.75 Å². The summed E-state index contributed by atoms with van der Waals surface area (Å²) in [7, 11) is 0. The van der Waals surface area contributed by atoms with E-state index in [1.54, 1.807) is 6.92 Å². The second-order valence-corrected chi connectivity index (χ2v) is 3.11. The average Bonchev–Trinajstić information content (AvgIpc) is 2.49. The third-order valence-corrected chi connectivity index (χ3v) is 2.19. The van der Waals surface area contributed by atoms with Crippen LogP contribution in [0.5, 0.6) is 5.75 Å². The van der Waals surface area contributed by atoms with Crippen molar-refractivity contribution < 1.29 is 9.84 Å². The van der Waals surface area contributed by atoms with Crippen molar-refractivity contribution in [1.29, 1.82) is 0 Å². The number of hydrogen-bond donors (Lipinski definition) is 1. The largest absolute Gasteiger partial charge is 0.493 e. The van der Waals surface area contributed by atoms with Crippen LogP contribution in [0.2, 0.25) is 0 Å². The summed E-state index contributed by atoms with van der Waals surface area (Å²) >= 11 is 0. The first-order valence-corrected chi connectivity index (χ1v) is 4.21. The van der Waals surface area contributed by atoms with Crippen molar-refractivity contribution in [2.24, 2.45) is 0 Å². The Balaban J connectivity index is 2.49. The fourth-order valence-electron chi connectivity index (χ4n) is 1.57. The Labute approximate surface area is 71.8 Å². The van der Waals surface area contributed by atoms with Gasteiger partial charge in [0.2, 0.25) is 0 Å². The molecule has 12 heavy (non-hydrogen) atoms. The number of para-hydroxylation sites is 1. The maximum atomic E-state index is 9.41. The van der Waals surface area contributed by atoms with Gasteiger partial charge in [0, 0.05) is 12.0 Å². The van der Waals surface area contributed by atoms with Crippen LogP contribution in [0, 0.1) is 0 Å². The van der Waals surface area contributed by atoms with Crippen LogP contribution >= 0.6 is 0 Å². The van der Waals surface area contributed by atoms with E-state index in [0.717, 1.165) is 24.3 Å². The lowest BCUT2D eigenvalue weighted by atomic mass is 10.1. The molecule has 1 aliphatic heterocycles. The lowest BCUT2D eigenvalue weighted by molar-refractivity contribution is 0.193. The molecule has 0 amide bonds. The molecule has 0 aromatic heterocycles. The molecule has 1 unspecified atom stereocenters. The van der Waals surface area contributed by atoms with Crippen molar-refractivity contribution in [3.63, 3.8) is 0 Å². The molecule has 0 radical (unpaired) electrons. The first-order chi connectivity index (χ1) is 5.79. The van der Waals surface area contributed by atoms with Crippen molar-refractivity contribution in [2.45, 2.75) is 19.4 Å². The first kappa shape index (κ1) is 7.62. The van der Waals surface area contributed by atoms with Gasteiger partial charge in [0.15, 0.2) is 0 Å². The quantitative estimate of drug-likeness (QED) is 0.684. The van der Waals surface area contributed by atoms with Crippen LogP contribution in [0.15, 0.2) is 18.2 Å². The lowest BCUT2D eigenvalue weighted by Crippen LogP contribution is -1.95. The maximum absolute atomic E-state index is 9.41. The molecule has 2 heteroatoms. The summed E-state index contributed by atoms with van der Waals surface area (Å²) in [6.45, 7) is 2.51. The topological polar surface area (TPSA) is 29.5 Å². The van der Waals surface area contributed by atoms with Crippen LogP contribution in [0.1, 0.15) is 24.2 Å². The summed E-state index contributed by atoms with van der Waals surface area (Å²) in [6.07, 6.45) is 0.536. The Bertz CT molecular complexity index is 292. The molecule has 0 spiro atoms. The summed E-state index contributed by atoms with van der Waals surface area (Å²) in [5.41, 5.74) is 2.12. The summed E-state index contributed by atoms with van der Waals surface area (Å²) in [6, 6.07) is 5.93. The highest BCUT2D eigenvalue weighted by molar-refractivity contribution is 5.44. The molecule has 1 atom stereocenters. The second-order valence-electron chi connectivity index (χ2n) is 3.11. The number of aliphatic hydroxyl groups excluding tert-OH is 1. The molecule has 0 aliphatic carbocycles. The average molecular weight is 164 g/mol. The van der Waals surface area contributed by atoms with Crippen LogP contribution in [-0.2, 0) is 6.42 Å². The highest BCUT2D eigenvalue weighted by Crippen LogP contribution is 2.32. The van der Waals surface area contributed by atoms with Crippen molar-refractivity contribution in [3.05, 3.63) is 29.3 Å². The zero-order chi connectivity index (χ0) is 8.55. The van der Waals surface area contributed by atoms with Crippen LogP contribution in [0.4, 0.5) is 0 Å². The van der Waals surface area contributed by atoms with Crippen LogP contribution < -0.4 is 4.74 Å². The molecule has 0 saturated heterocycles. The number of benzene rings is 1. The fourth-order valence-corrected chi connectivity index (χ4v) is 1.57. The number of hydrogen-bond acceptors (Lipinski definition) is 2. The molecule has 1 aromatic rings. The normalized spacial score (nSPS) is 16.8. The monoisotopic (exact) mass is 164 g/mol. The lowest BCUT2D eigenvalue weighted by Gasteiger charge is -2.09. The summed E-state index contributed by atoms with van der Waals surface area (Å²) in [5.74, 6) is 0.896. The van der Waals surface area contributed by atoms with Gasteiger partial charge in [-0.1, -0.05) is 18.2 Å². The summed E-state index contributed by atoms with van der Waals surface area (Å²) in [4.78, 5) is 0. The number of aliphatic hydroxyl groups is 1. The summed E-state index contributed by atoms with van der Waals surface area (Å²) < 4.78 is 5.43. The molecule has 0 saturated carbocycles. The molecular weight excluding hydrogens is 152 g/mol. The van der Waals surface area contributed by atoms with E-state index >= 15 is 0 Å². The van der Waals surface area contributed by atoms with Crippen molar-refractivity contribution >= 4 is 0 Å². The molecule has 0 fully saturated rings. The van der Waals surface area contributed by atoms with Crippen molar-refractivity contribution in [2.75, 3.05) is 6.61 Å². The van der Waals surface area contributed by atoms with Gasteiger partial charge in [-0.3, -0.25) is 0 Å². The smallest absolute Gasteiger partial charge is 0.128 e. The molecule has 1 aliphatic rings.